The SMILES string of the molecule is COc1cc(N(C)c2nnns2)c(OC)cc1C. The summed E-state index contributed by atoms with van der Waals surface area (Å²) >= 11 is 1.22. The summed E-state index contributed by atoms with van der Waals surface area (Å²) in [6, 6.07) is 3.84. The van der Waals surface area contributed by atoms with E-state index in [9.17, 15) is 0 Å². The summed E-state index contributed by atoms with van der Waals surface area (Å²) in [4.78, 5) is 1.87. The van der Waals surface area contributed by atoms with Crippen LogP contribution in [0.5, 0.6) is 11.5 Å². The quantitative estimate of drug-likeness (QED) is 0.843. The Morgan fingerprint density at radius 1 is 1.17 bits per heavy atom. The van der Waals surface area contributed by atoms with Gasteiger partial charge in [0.1, 0.15) is 11.5 Å². The third-order valence-electron chi connectivity index (χ3n) is 2.63. The van der Waals surface area contributed by atoms with Crippen LogP contribution in [0.1, 0.15) is 5.56 Å². The Bertz CT molecular complexity index is 530. The molecule has 0 aliphatic rings. The number of aryl methyl sites for hydroxylation is 1. The molecule has 0 aliphatic heterocycles. The monoisotopic (exact) mass is 266 g/mol. The van der Waals surface area contributed by atoms with E-state index in [1.165, 1.54) is 11.5 Å². The molecule has 0 bridgehead atoms. The molecule has 0 fully saturated rings. The fourth-order valence-corrected chi connectivity index (χ4v) is 2.10. The molecule has 0 saturated heterocycles. The van der Waals surface area contributed by atoms with Gasteiger partial charge in [-0.3, -0.25) is 0 Å². The molecule has 2 rings (SSSR count). The lowest BCUT2D eigenvalue weighted by atomic mass is 10.1. The van der Waals surface area contributed by atoms with Crippen LogP contribution in [0.15, 0.2) is 12.1 Å². The van der Waals surface area contributed by atoms with Gasteiger partial charge in [0.05, 0.1) is 19.9 Å². The minimum absolute atomic E-state index is 0.694. The van der Waals surface area contributed by atoms with Crippen molar-refractivity contribution < 1.29 is 9.47 Å². The van der Waals surface area contributed by atoms with E-state index < -0.39 is 0 Å². The molecule has 1 aromatic heterocycles. The predicted octanol–water partition coefficient (Wildman–Crippen LogP) is 2.03. The Labute approximate surface area is 109 Å². The first-order chi connectivity index (χ1) is 8.67. The minimum atomic E-state index is 0.694. The number of aromatic nitrogens is 3. The van der Waals surface area contributed by atoms with Crippen molar-refractivity contribution in [2.45, 2.75) is 6.92 Å². The van der Waals surface area contributed by atoms with E-state index in [2.05, 4.69) is 14.8 Å². The summed E-state index contributed by atoms with van der Waals surface area (Å²) in [6.07, 6.45) is 0. The number of ether oxygens (including phenoxy) is 2. The van der Waals surface area contributed by atoms with E-state index in [0.29, 0.717) is 5.13 Å². The van der Waals surface area contributed by atoms with Gasteiger partial charge in [-0.25, -0.2) is 0 Å². The zero-order valence-electron chi connectivity index (χ0n) is 10.7. The summed E-state index contributed by atoms with van der Waals surface area (Å²) < 4.78 is 14.5. The van der Waals surface area contributed by atoms with Crippen LogP contribution < -0.4 is 14.4 Å². The second kappa shape index (κ2) is 5.18. The number of hydrogen-bond acceptors (Lipinski definition) is 7. The smallest absolute Gasteiger partial charge is 0.232 e. The fraction of sp³-hybridized carbons (Fsp3) is 0.364. The molecule has 0 radical (unpaired) electrons. The van der Waals surface area contributed by atoms with Crippen molar-refractivity contribution in [1.82, 2.24) is 14.8 Å². The van der Waals surface area contributed by atoms with Gasteiger partial charge >= 0.3 is 0 Å². The highest BCUT2D eigenvalue weighted by Crippen LogP contribution is 2.37. The van der Waals surface area contributed by atoms with Gasteiger partial charge in [-0.05, 0) is 23.8 Å². The summed E-state index contributed by atoms with van der Waals surface area (Å²) in [5.41, 5.74) is 1.88. The second-order valence-corrected chi connectivity index (χ2v) is 4.41. The van der Waals surface area contributed by atoms with Crippen LogP contribution >= 0.6 is 11.5 Å². The number of methoxy groups -OCH3 is 2. The molecular weight excluding hydrogens is 252 g/mol. The number of rotatable bonds is 4. The maximum absolute atomic E-state index is 5.38. The largest absolute Gasteiger partial charge is 0.496 e. The summed E-state index contributed by atoms with van der Waals surface area (Å²) in [7, 11) is 5.16. The lowest BCUT2D eigenvalue weighted by molar-refractivity contribution is 0.401. The molecule has 0 aliphatic carbocycles. The van der Waals surface area contributed by atoms with Crippen molar-refractivity contribution in [3.8, 4) is 11.5 Å². The lowest BCUT2D eigenvalue weighted by Crippen LogP contribution is -2.11. The molecular formula is C11H14N4O2S. The van der Waals surface area contributed by atoms with Crippen molar-refractivity contribution >= 4 is 22.4 Å². The molecule has 6 nitrogen and oxygen atoms in total. The third kappa shape index (κ3) is 2.21. The van der Waals surface area contributed by atoms with E-state index in [1.54, 1.807) is 14.2 Å². The molecule has 7 heteroatoms. The van der Waals surface area contributed by atoms with E-state index in [-0.39, 0.29) is 0 Å². The molecule has 0 atom stereocenters. The molecule has 0 saturated carbocycles. The highest BCUT2D eigenvalue weighted by atomic mass is 32.1. The van der Waals surface area contributed by atoms with Crippen molar-refractivity contribution in [1.29, 1.82) is 0 Å². The highest BCUT2D eigenvalue weighted by molar-refractivity contribution is 7.09. The first-order valence-electron chi connectivity index (χ1n) is 5.28. The van der Waals surface area contributed by atoms with E-state index in [1.807, 2.05) is 31.0 Å². The maximum Gasteiger partial charge on any atom is 0.232 e. The van der Waals surface area contributed by atoms with Crippen LogP contribution in [-0.2, 0) is 0 Å². The average molecular weight is 266 g/mol. The van der Waals surface area contributed by atoms with Gasteiger partial charge in [-0.2, -0.15) is 0 Å². The van der Waals surface area contributed by atoms with Gasteiger partial charge in [0, 0.05) is 24.6 Å². The van der Waals surface area contributed by atoms with Gasteiger partial charge in [0.15, 0.2) is 0 Å². The molecule has 1 aromatic carbocycles. The Balaban J connectivity index is 2.48. The Hall–Kier alpha value is -1.89. The van der Waals surface area contributed by atoms with Crippen LogP contribution in [0.4, 0.5) is 10.8 Å². The lowest BCUT2D eigenvalue weighted by Gasteiger charge is -2.20. The van der Waals surface area contributed by atoms with Crippen LogP contribution in [0.3, 0.4) is 0 Å². The van der Waals surface area contributed by atoms with Gasteiger partial charge in [-0.15, -0.1) is 0 Å². The summed E-state index contributed by atoms with van der Waals surface area (Å²) in [6.45, 7) is 1.97. The van der Waals surface area contributed by atoms with Gasteiger partial charge in [0.25, 0.3) is 0 Å². The summed E-state index contributed by atoms with van der Waals surface area (Å²) in [5, 5.41) is 8.22. The van der Waals surface area contributed by atoms with E-state index >= 15 is 0 Å². The average Bonchev–Trinajstić information content (AvgIpc) is 2.91. The van der Waals surface area contributed by atoms with Crippen LogP contribution in [0.2, 0.25) is 0 Å². The number of nitrogens with zero attached hydrogens (tertiary/aromatic N) is 4. The number of hydrogen-bond donors (Lipinski definition) is 0. The van der Waals surface area contributed by atoms with E-state index in [0.717, 1.165) is 22.7 Å². The first-order valence-corrected chi connectivity index (χ1v) is 6.06. The van der Waals surface area contributed by atoms with E-state index in [4.69, 9.17) is 9.47 Å². The molecule has 2 aromatic rings. The summed E-state index contributed by atoms with van der Waals surface area (Å²) in [5.74, 6) is 1.56. The van der Waals surface area contributed by atoms with Gasteiger partial charge in [0.2, 0.25) is 5.13 Å². The van der Waals surface area contributed by atoms with Crippen molar-refractivity contribution in [3.63, 3.8) is 0 Å². The number of anilines is 2. The molecule has 18 heavy (non-hydrogen) atoms. The molecule has 0 amide bonds. The van der Waals surface area contributed by atoms with Gasteiger partial charge in [-0.1, -0.05) is 9.59 Å². The van der Waals surface area contributed by atoms with Crippen LogP contribution in [0.25, 0.3) is 0 Å². The molecule has 1 heterocycles. The maximum atomic E-state index is 5.38. The zero-order valence-corrected chi connectivity index (χ0v) is 11.5. The molecule has 0 unspecified atom stereocenters. The fourth-order valence-electron chi connectivity index (χ4n) is 1.66. The minimum Gasteiger partial charge on any atom is -0.496 e. The predicted molar refractivity (Wildman–Crippen MR) is 70.1 cm³/mol. The van der Waals surface area contributed by atoms with Gasteiger partial charge < -0.3 is 14.4 Å². The zero-order chi connectivity index (χ0) is 13.1. The van der Waals surface area contributed by atoms with Crippen molar-refractivity contribution in [3.05, 3.63) is 17.7 Å². The Kier molecular flexibility index (Phi) is 3.61. The first kappa shape index (κ1) is 12.6. The van der Waals surface area contributed by atoms with Crippen molar-refractivity contribution in [2.24, 2.45) is 0 Å². The molecule has 0 spiro atoms. The van der Waals surface area contributed by atoms with Crippen molar-refractivity contribution in [2.75, 3.05) is 26.2 Å². The number of benzene rings is 1. The van der Waals surface area contributed by atoms with Crippen LogP contribution in [-0.4, -0.2) is 36.1 Å². The standard InChI is InChI=1S/C11H14N4O2S/c1-7-5-10(17-4)8(6-9(7)16-3)15(2)11-12-13-14-18-11/h5-6H,1-4H3. The van der Waals surface area contributed by atoms with Crippen LogP contribution in [0, 0.1) is 6.92 Å². The topological polar surface area (TPSA) is 60.4 Å². The Morgan fingerprint density at radius 3 is 2.44 bits per heavy atom. The highest BCUT2D eigenvalue weighted by Gasteiger charge is 2.16. The Morgan fingerprint density at radius 2 is 1.89 bits per heavy atom. The second-order valence-electron chi connectivity index (χ2n) is 3.70. The molecule has 0 N–H and O–H groups in total. The molecule has 96 valence electrons. The normalized spacial score (nSPS) is 10.2. The third-order valence-corrected chi connectivity index (χ3v) is 3.31.